The van der Waals surface area contributed by atoms with Crippen molar-refractivity contribution in [2.75, 3.05) is 0 Å². The standard InChI is InChI=1S/C12H17FO7/c1-5-10(18-6(2)14)11(19-7(3)15)9(13)12(17-5)20-8(4)16/h5,9-12H,1-4H3/t5?,9-,10+,11-,12?/m0/s1. The van der Waals surface area contributed by atoms with Crippen molar-refractivity contribution in [3.8, 4) is 0 Å². The summed E-state index contributed by atoms with van der Waals surface area (Å²) < 4.78 is 33.8. The first-order valence-electron chi connectivity index (χ1n) is 6.03. The van der Waals surface area contributed by atoms with Gasteiger partial charge in [-0.25, -0.2) is 4.39 Å². The Morgan fingerprint density at radius 2 is 1.35 bits per heavy atom. The molecule has 0 aliphatic carbocycles. The molecule has 8 heteroatoms. The molecule has 1 rings (SSSR count). The molecule has 1 aliphatic heterocycles. The summed E-state index contributed by atoms with van der Waals surface area (Å²) in [5.41, 5.74) is 0. The summed E-state index contributed by atoms with van der Waals surface area (Å²) in [7, 11) is 0. The van der Waals surface area contributed by atoms with Gasteiger partial charge in [-0.05, 0) is 6.92 Å². The van der Waals surface area contributed by atoms with Crippen LogP contribution in [0, 0.1) is 0 Å². The van der Waals surface area contributed by atoms with Crippen molar-refractivity contribution >= 4 is 17.9 Å². The first kappa shape index (κ1) is 16.4. The molecule has 1 saturated heterocycles. The number of halogens is 1. The Labute approximate surface area is 115 Å². The molecule has 1 fully saturated rings. The molecule has 5 atom stereocenters. The third kappa shape index (κ3) is 4.16. The normalized spacial score (nSPS) is 33.1. The fourth-order valence-electron chi connectivity index (χ4n) is 1.90. The Morgan fingerprint density at radius 3 is 1.80 bits per heavy atom. The van der Waals surface area contributed by atoms with Crippen molar-refractivity contribution in [3.63, 3.8) is 0 Å². The lowest BCUT2D eigenvalue weighted by molar-refractivity contribution is -0.276. The lowest BCUT2D eigenvalue weighted by Crippen LogP contribution is -2.58. The van der Waals surface area contributed by atoms with Gasteiger partial charge in [0.1, 0.15) is 0 Å². The Morgan fingerprint density at radius 1 is 0.900 bits per heavy atom. The zero-order valence-corrected chi connectivity index (χ0v) is 11.6. The number of carbonyl (C=O) groups excluding carboxylic acids is 3. The molecule has 7 nitrogen and oxygen atoms in total. The average Bonchev–Trinajstić information content (AvgIpc) is 2.28. The molecule has 0 aromatic carbocycles. The number of hydrogen-bond donors (Lipinski definition) is 0. The third-order valence-electron chi connectivity index (χ3n) is 2.60. The third-order valence-corrected chi connectivity index (χ3v) is 2.60. The fraction of sp³-hybridized carbons (Fsp3) is 0.750. The Bertz CT molecular complexity index is 397. The molecule has 0 radical (unpaired) electrons. The maximum Gasteiger partial charge on any atom is 0.305 e. The minimum Gasteiger partial charge on any atom is -0.456 e. The van der Waals surface area contributed by atoms with Crippen LogP contribution in [0.1, 0.15) is 27.7 Å². The molecule has 2 unspecified atom stereocenters. The Hall–Kier alpha value is -1.70. The zero-order valence-electron chi connectivity index (χ0n) is 11.6. The van der Waals surface area contributed by atoms with Crippen molar-refractivity contribution in [1.29, 1.82) is 0 Å². The highest BCUT2D eigenvalue weighted by molar-refractivity contribution is 5.68. The summed E-state index contributed by atoms with van der Waals surface area (Å²) in [6.45, 7) is 4.83. The smallest absolute Gasteiger partial charge is 0.305 e. The molecule has 0 aromatic heterocycles. The van der Waals surface area contributed by atoms with Crippen molar-refractivity contribution in [2.45, 2.75) is 58.5 Å². The second kappa shape index (κ2) is 6.65. The van der Waals surface area contributed by atoms with Crippen LogP contribution in [0.15, 0.2) is 0 Å². The highest BCUT2D eigenvalue weighted by Crippen LogP contribution is 2.29. The van der Waals surface area contributed by atoms with Crippen LogP contribution in [-0.2, 0) is 33.3 Å². The Balaban J connectivity index is 2.93. The number of esters is 3. The largest absolute Gasteiger partial charge is 0.456 e. The average molecular weight is 292 g/mol. The van der Waals surface area contributed by atoms with Crippen LogP contribution < -0.4 is 0 Å². The number of hydrogen-bond acceptors (Lipinski definition) is 7. The van der Waals surface area contributed by atoms with Gasteiger partial charge in [0.2, 0.25) is 12.5 Å². The van der Waals surface area contributed by atoms with Gasteiger partial charge in [-0.2, -0.15) is 0 Å². The van der Waals surface area contributed by atoms with E-state index >= 15 is 0 Å². The minimum atomic E-state index is -1.96. The lowest BCUT2D eigenvalue weighted by Gasteiger charge is -2.40. The molecule has 0 spiro atoms. The van der Waals surface area contributed by atoms with Gasteiger partial charge in [0.05, 0.1) is 6.10 Å². The van der Waals surface area contributed by atoms with Gasteiger partial charge < -0.3 is 18.9 Å². The van der Waals surface area contributed by atoms with E-state index in [2.05, 4.69) is 4.74 Å². The molecule has 0 amide bonds. The highest BCUT2D eigenvalue weighted by Gasteiger charge is 2.50. The quantitative estimate of drug-likeness (QED) is 0.552. The summed E-state index contributed by atoms with van der Waals surface area (Å²) in [6, 6.07) is 0. The molecule has 1 aliphatic rings. The summed E-state index contributed by atoms with van der Waals surface area (Å²) in [4.78, 5) is 33.0. The van der Waals surface area contributed by atoms with E-state index in [1.165, 1.54) is 6.92 Å². The monoisotopic (exact) mass is 292 g/mol. The maximum atomic E-state index is 14.2. The van der Waals surface area contributed by atoms with Crippen molar-refractivity contribution in [2.24, 2.45) is 0 Å². The molecule has 0 N–H and O–H groups in total. The number of ether oxygens (including phenoxy) is 4. The first-order valence-corrected chi connectivity index (χ1v) is 6.03. The SMILES string of the molecule is CC(=O)OC1OC(C)[C@@H](OC(C)=O)[C@@H](OC(C)=O)[C@@H]1F. The van der Waals surface area contributed by atoms with Crippen LogP contribution in [0.4, 0.5) is 4.39 Å². The predicted molar refractivity (Wildman–Crippen MR) is 62.1 cm³/mol. The molecular weight excluding hydrogens is 275 g/mol. The Kier molecular flexibility index (Phi) is 5.43. The van der Waals surface area contributed by atoms with Crippen LogP contribution in [0.25, 0.3) is 0 Å². The van der Waals surface area contributed by atoms with Crippen LogP contribution >= 0.6 is 0 Å². The summed E-state index contributed by atoms with van der Waals surface area (Å²) in [5.74, 6) is -2.15. The molecule has 0 saturated carbocycles. The van der Waals surface area contributed by atoms with E-state index in [0.29, 0.717) is 0 Å². The van der Waals surface area contributed by atoms with Crippen molar-refractivity contribution in [1.82, 2.24) is 0 Å². The minimum absolute atomic E-state index is 0.666. The molecule has 0 aromatic rings. The van der Waals surface area contributed by atoms with Crippen LogP contribution in [-0.4, -0.2) is 48.7 Å². The van der Waals surface area contributed by atoms with E-state index < -0.39 is 48.7 Å². The van der Waals surface area contributed by atoms with Gasteiger partial charge in [-0.1, -0.05) is 0 Å². The maximum absolute atomic E-state index is 14.2. The number of rotatable bonds is 3. The van der Waals surface area contributed by atoms with Gasteiger partial charge in [0, 0.05) is 20.8 Å². The number of carbonyl (C=O) groups is 3. The predicted octanol–water partition coefficient (Wildman–Crippen LogP) is 0.496. The van der Waals surface area contributed by atoms with E-state index in [1.807, 2.05) is 0 Å². The van der Waals surface area contributed by atoms with E-state index in [0.717, 1.165) is 20.8 Å². The van der Waals surface area contributed by atoms with E-state index in [9.17, 15) is 18.8 Å². The van der Waals surface area contributed by atoms with Crippen LogP contribution in [0.2, 0.25) is 0 Å². The van der Waals surface area contributed by atoms with Gasteiger partial charge in [-0.3, -0.25) is 14.4 Å². The second-order valence-corrected chi connectivity index (χ2v) is 4.41. The lowest BCUT2D eigenvalue weighted by atomic mass is 10.00. The first-order chi connectivity index (χ1) is 9.22. The fourth-order valence-corrected chi connectivity index (χ4v) is 1.90. The van der Waals surface area contributed by atoms with E-state index in [1.54, 1.807) is 0 Å². The van der Waals surface area contributed by atoms with Gasteiger partial charge in [0.25, 0.3) is 0 Å². The summed E-state index contributed by atoms with van der Waals surface area (Å²) >= 11 is 0. The highest BCUT2D eigenvalue weighted by atomic mass is 19.1. The van der Waals surface area contributed by atoms with E-state index in [-0.39, 0.29) is 0 Å². The van der Waals surface area contributed by atoms with Gasteiger partial charge in [-0.15, -0.1) is 0 Å². The molecule has 1 heterocycles. The van der Waals surface area contributed by atoms with Gasteiger partial charge >= 0.3 is 17.9 Å². The van der Waals surface area contributed by atoms with Crippen LogP contribution in [0.3, 0.4) is 0 Å². The zero-order chi connectivity index (χ0) is 15.4. The van der Waals surface area contributed by atoms with E-state index in [4.69, 9.17) is 14.2 Å². The van der Waals surface area contributed by atoms with Crippen LogP contribution in [0.5, 0.6) is 0 Å². The molecule has 0 bridgehead atoms. The summed E-state index contributed by atoms with van der Waals surface area (Å²) in [6.07, 6.45) is -6.79. The van der Waals surface area contributed by atoms with Crippen molar-refractivity contribution in [3.05, 3.63) is 0 Å². The molecule has 20 heavy (non-hydrogen) atoms. The molecule has 114 valence electrons. The topological polar surface area (TPSA) is 88.1 Å². The second-order valence-electron chi connectivity index (χ2n) is 4.41. The molecular formula is C12H17FO7. The van der Waals surface area contributed by atoms with Gasteiger partial charge in [0.15, 0.2) is 12.2 Å². The number of alkyl halides is 1. The van der Waals surface area contributed by atoms with Crippen molar-refractivity contribution < 1.29 is 37.7 Å². The summed E-state index contributed by atoms with van der Waals surface area (Å²) in [5, 5.41) is 0.